The van der Waals surface area contributed by atoms with Gasteiger partial charge < -0.3 is 11.1 Å². The smallest absolute Gasteiger partial charge is 0.262 e. The largest absolute Gasteiger partial charge is 0.326 e. The molecule has 8 nitrogen and oxygen atoms in total. The number of nitrogens with one attached hydrogen (secondary N) is 2. The number of amides is 4. The summed E-state index contributed by atoms with van der Waals surface area (Å²) < 4.78 is 0. The van der Waals surface area contributed by atoms with Crippen molar-refractivity contribution in [3.05, 3.63) is 34.9 Å². The van der Waals surface area contributed by atoms with Crippen LogP contribution in [0.4, 0.5) is 0 Å². The van der Waals surface area contributed by atoms with E-state index in [2.05, 4.69) is 24.5 Å². The van der Waals surface area contributed by atoms with Crippen LogP contribution in [0.2, 0.25) is 0 Å². The first-order chi connectivity index (χ1) is 12.8. The number of hydrogen-bond donors (Lipinski definition) is 3. The predicted molar refractivity (Wildman–Crippen MR) is 97.6 cm³/mol. The van der Waals surface area contributed by atoms with Gasteiger partial charge in [-0.1, -0.05) is 19.9 Å². The van der Waals surface area contributed by atoms with E-state index < -0.39 is 23.8 Å². The van der Waals surface area contributed by atoms with Crippen LogP contribution in [0.25, 0.3) is 0 Å². The molecular weight excluding hydrogens is 348 g/mol. The minimum absolute atomic E-state index is 0.0330. The summed E-state index contributed by atoms with van der Waals surface area (Å²) >= 11 is 0. The molecule has 3 rings (SSSR count). The first-order valence-electron chi connectivity index (χ1n) is 9.10. The molecule has 144 valence electrons. The minimum atomic E-state index is -0.944. The molecule has 27 heavy (non-hydrogen) atoms. The highest BCUT2D eigenvalue weighted by molar-refractivity contribution is 6.23. The molecule has 0 bridgehead atoms. The second-order valence-corrected chi connectivity index (χ2v) is 7.37. The Kier molecular flexibility index (Phi) is 5.38. The topological polar surface area (TPSA) is 122 Å². The zero-order valence-electron chi connectivity index (χ0n) is 15.5. The Morgan fingerprint density at radius 1 is 1.19 bits per heavy atom. The van der Waals surface area contributed by atoms with Crippen molar-refractivity contribution in [3.8, 4) is 0 Å². The molecule has 8 heteroatoms. The molecule has 2 heterocycles. The molecule has 0 radical (unpaired) electrons. The van der Waals surface area contributed by atoms with Crippen LogP contribution < -0.4 is 16.4 Å². The van der Waals surface area contributed by atoms with Gasteiger partial charge in [-0.05, 0) is 30.0 Å². The van der Waals surface area contributed by atoms with E-state index in [1.165, 1.54) is 0 Å². The van der Waals surface area contributed by atoms with E-state index in [4.69, 9.17) is 5.73 Å². The van der Waals surface area contributed by atoms with Gasteiger partial charge in [0, 0.05) is 25.6 Å². The molecule has 1 fully saturated rings. The number of hydrogen-bond acceptors (Lipinski definition) is 6. The van der Waals surface area contributed by atoms with E-state index >= 15 is 0 Å². The minimum Gasteiger partial charge on any atom is -0.326 e. The fourth-order valence-electron chi connectivity index (χ4n) is 3.25. The fourth-order valence-corrected chi connectivity index (χ4v) is 3.25. The quantitative estimate of drug-likeness (QED) is 0.612. The van der Waals surface area contributed by atoms with Gasteiger partial charge in [-0.25, -0.2) is 0 Å². The molecule has 2 aliphatic rings. The molecule has 1 aromatic rings. The third kappa shape index (κ3) is 3.77. The summed E-state index contributed by atoms with van der Waals surface area (Å²) in [5.41, 5.74) is 7.44. The van der Waals surface area contributed by atoms with Crippen molar-refractivity contribution >= 4 is 23.6 Å². The molecule has 0 aromatic heterocycles. The number of nitrogens with two attached hydrogens (primary N) is 1. The Morgan fingerprint density at radius 3 is 2.56 bits per heavy atom. The van der Waals surface area contributed by atoms with Crippen molar-refractivity contribution < 1.29 is 19.2 Å². The third-order valence-corrected chi connectivity index (χ3v) is 5.07. The van der Waals surface area contributed by atoms with Crippen LogP contribution in [-0.2, 0) is 16.1 Å². The number of nitrogens with zero attached hydrogens (tertiary/aromatic N) is 1. The first kappa shape index (κ1) is 19.2. The summed E-state index contributed by atoms with van der Waals surface area (Å²) in [5, 5.41) is 5.44. The molecule has 4 amide bonds. The van der Waals surface area contributed by atoms with E-state index in [-0.39, 0.29) is 35.9 Å². The van der Waals surface area contributed by atoms with Crippen molar-refractivity contribution in [3.63, 3.8) is 0 Å². The number of piperidine rings is 1. The summed E-state index contributed by atoms with van der Waals surface area (Å²) in [4.78, 5) is 49.7. The second kappa shape index (κ2) is 7.58. The van der Waals surface area contributed by atoms with E-state index in [9.17, 15) is 19.2 Å². The van der Waals surface area contributed by atoms with E-state index in [0.717, 1.165) is 10.5 Å². The molecule has 2 atom stereocenters. The van der Waals surface area contributed by atoms with Crippen molar-refractivity contribution in [1.29, 1.82) is 0 Å². The molecule has 0 aliphatic carbocycles. The molecule has 1 unspecified atom stereocenters. The van der Waals surface area contributed by atoms with E-state index in [0.29, 0.717) is 19.0 Å². The Bertz CT molecular complexity index is 805. The number of benzene rings is 1. The van der Waals surface area contributed by atoms with Gasteiger partial charge in [-0.3, -0.25) is 29.4 Å². The zero-order valence-corrected chi connectivity index (χ0v) is 15.5. The Morgan fingerprint density at radius 2 is 1.89 bits per heavy atom. The van der Waals surface area contributed by atoms with Crippen LogP contribution in [0.5, 0.6) is 0 Å². The molecular formula is C19H24N4O4. The van der Waals surface area contributed by atoms with Crippen molar-refractivity contribution in [1.82, 2.24) is 15.5 Å². The summed E-state index contributed by atoms with van der Waals surface area (Å²) in [5.74, 6) is -1.62. The van der Waals surface area contributed by atoms with Crippen molar-refractivity contribution in [2.45, 2.75) is 45.3 Å². The van der Waals surface area contributed by atoms with Crippen LogP contribution >= 0.6 is 0 Å². The molecule has 1 aromatic carbocycles. The van der Waals surface area contributed by atoms with E-state index in [1.807, 2.05) is 0 Å². The summed E-state index contributed by atoms with van der Waals surface area (Å²) in [6.45, 7) is 5.27. The Labute approximate surface area is 157 Å². The lowest BCUT2D eigenvalue weighted by Crippen LogP contribution is -2.54. The molecule has 2 aliphatic heterocycles. The van der Waals surface area contributed by atoms with Gasteiger partial charge >= 0.3 is 0 Å². The van der Waals surface area contributed by atoms with Gasteiger partial charge in [0.15, 0.2) is 0 Å². The zero-order chi connectivity index (χ0) is 19.7. The van der Waals surface area contributed by atoms with Crippen LogP contribution in [0, 0.1) is 5.92 Å². The van der Waals surface area contributed by atoms with Gasteiger partial charge in [-0.15, -0.1) is 0 Å². The number of imide groups is 2. The maximum absolute atomic E-state index is 12.8. The third-order valence-electron chi connectivity index (χ3n) is 5.07. The van der Waals surface area contributed by atoms with Gasteiger partial charge in [0.1, 0.15) is 6.04 Å². The van der Waals surface area contributed by atoms with Gasteiger partial charge in [0.25, 0.3) is 11.8 Å². The van der Waals surface area contributed by atoms with Crippen LogP contribution in [0.15, 0.2) is 18.2 Å². The normalized spacial score (nSPS) is 20.9. The molecule has 0 spiro atoms. The second-order valence-electron chi connectivity index (χ2n) is 7.37. The molecule has 1 saturated heterocycles. The molecule has 0 saturated carbocycles. The number of fused-ring (bicyclic) bond motifs is 1. The summed E-state index contributed by atoms with van der Waals surface area (Å²) in [6, 6.07) is 4.16. The highest BCUT2D eigenvalue weighted by Crippen LogP contribution is 2.28. The van der Waals surface area contributed by atoms with E-state index in [1.54, 1.807) is 18.2 Å². The maximum atomic E-state index is 12.8. The first-order valence-corrected chi connectivity index (χ1v) is 9.10. The van der Waals surface area contributed by atoms with Crippen LogP contribution in [-0.4, -0.2) is 47.2 Å². The predicted octanol–water partition coefficient (Wildman–Crippen LogP) is 0.161. The van der Waals surface area contributed by atoms with Crippen LogP contribution in [0.3, 0.4) is 0 Å². The lowest BCUT2D eigenvalue weighted by molar-refractivity contribution is -0.136. The highest BCUT2D eigenvalue weighted by atomic mass is 16.2. The number of rotatable bonds is 6. The fraction of sp³-hybridized carbons (Fsp3) is 0.474. The Balaban J connectivity index is 1.73. The lowest BCUT2D eigenvalue weighted by Gasteiger charge is -2.27. The number of carbonyl (C=O) groups is 4. The standard InChI is InChI=1S/C19H24N4O4/c1-10(2)14(20)9-21-8-11-3-4-12-13(7-11)19(27)23(18(12)26)15-5-6-16(24)22-17(15)25/h3-4,7,10,14-15,21H,5-6,8-9,20H2,1-2H3,(H,22,24,25)/t14-,15?/m1/s1. The summed E-state index contributed by atoms with van der Waals surface area (Å²) in [6.07, 6.45) is 0.257. The van der Waals surface area contributed by atoms with Gasteiger partial charge in [0.05, 0.1) is 11.1 Å². The SMILES string of the molecule is CC(C)[C@H](N)CNCc1ccc2c(c1)C(=O)N(C1CCC(=O)NC1=O)C2=O. The van der Waals surface area contributed by atoms with Crippen molar-refractivity contribution in [2.24, 2.45) is 11.7 Å². The number of carbonyl (C=O) groups excluding carboxylic acids is 4. The molecule has 4 N–H and O–H groups in total. The van der Waals surface area contributed by atoms with Crippen molar-refractivity contribution in [2.75, 3.05) is 6.54 Å². The van der Waals surface area contributed by atoms with Gasteiger partial charge in [0.2, 0.25) is 11.8 Å². The maximum Gasteiger partial charge on any atom is 0.262 e. The average molecular weight is 372 g/mol. The average Bonchev–Trinajstić information content (AvgIpc) is 2.86. The highest BCUT2D eigenvalue weighted by Gasteiger charge is 2.44. The monoisotopic (exact) mass is 372 g/mol. The summed E-state index contributed by atoms with van der Waals surface area (Å²) in [7, 11) is 0. The van der Waals surface area contributed by atoms with Gasteiger partial charge in [-0.2, -0.15) is 0 Å². The van der Waals surface area contributed by atoms with Crippen LogP contribution in [0.1, 0.15) is 53.0 Å². The lowest BCUT2D eigenvalue weighted by atomic mass is 10.0. The Hall–Kier alpha value is -2.58.